The van der Waals surface area contributed by atoms with Gasteiger partial charge in [-0.1, -0.05) is 11.6 Å². The lowest BCUT2D eigenvalue weighted by atomic mass is 10.3. The van der Waals surface area contributed by atoms with E-state index in [-0.39, 0.29) is 5.02 Å². The minimum absolute atomic E-state index is 0.0488. The first-order chi connectivity index (χ1) is 9.58. The highest BCUT2D eigenvalue weighted by molar-refractivity contribution is 6.31. The summed E-state index contributed by atoms with van der Waals surface area (Å²) >= 11 is 5.63. The van der Waals surface area contributed by atoms with Crippen molar-refractivity contribution >= 4 is 29.0 Å². The van der Waals surface area contributed by atoms with Gasteiger partial charge in [0.15, 0.2) is 0 Å². The number of benzene rings is 2. The van der Waals surface area contributed by atoms with Crippen LogP contribution in [-0.4, -0.2) is 13.1 Å². The number of ether oxygens (including phenoxy) is 1. The molecule has 4 nitrogen and oxygen atoms in total. The summed E-state index contributed by atoms with van der Waals surface area (Å²) < 4.78 is 18.0. The molecule has 0 aliphatic rings. The molecule has 0 fully saturated rings. The van der Waals surface area contributed by atoms with Gasteiger partial charge in [-0.3, -0.25) is 0 Å². The zero-order chi connectivity index (χ0) is 14.5. The van der Waals surface area contributed by atoms with Crippen molar-refractivity contribution in [3.8, 4) is 5.75 Å². The van der Waals surface area contributed by atoms with Crippen LogP contribution < -0.4 is 15.4 Å². The van der Waals surface area contributed by atoms with Crippen LogP contribution in [-0.2, 0) is 0 Å². The number of carbonyl (C=O) groups is 1. The van der Waals surface area contributed by atoms with Crippen LogP contribution in [0.25, 0.3) is 0 Å². The highest BCUT2D eigenvalue weighted by Crippen LogP contribution is 2.20. The van der Waals surface area contributed by atoms with Crippen LogP contribution in [0.1, 0.15) is 0 Å². The summed E-state index contributed by atoms with van der Waals surface area (Å²) in [7, 11) is 1.56. The van der Waals surface area contributed by atoms with E-state index in [0.29, 0.717) is 17.1 Å². The van der Waals surface area contributed by atoms with Gasteiger partial charge in [0.25, 0.3) is 0 Å². The number of nitrogens with one attached hydrogen (secondary N) is 2. The van der Waals surface area contributed by atoms with Crippen LogP contribution in [0.2, 0.25) is 5.02 Å². The maximum absolute atomic E-state index is 13.0. The third-order valence-electron chi connectivity index (χ3n) is 2.53. The quantitative estimate of drug-likeness (QED) is 0.894. The third-order valence-corrected chi connectivity index (χ3v) is 2.82. The Kier molecular flexibility index (Phi) is 4.42. The molecule has 0 spiro atoms. The summed E-state index contributed by atoms with van der Waals surface area (Å²) in [6.45, 7) is 0. The highest BCUT2D eigenvalue weighted by atomic mass is 35.5. The van der Waals surface area contributed by atoms with Crippen molar-refractivity contribution < 1.29 is 13.9 Å². The van der Waals surface area contributed by atoms with Crippen molar-refractivity contribution in [2.45, 2.75) is 0 Å². The van der Waals surface area contributed by atoms with Crippen molar-refractivity contribution in [3.05, 3.63) is 53.3 Å². The predicted octanol–water partition coefficient (Wildman–Crippen LogP) is 4.13. The highest BCUT2D eigenvalue weighted by Gasteiger charge is 2.05. The van der Waals surface area contributed by atoms with Crippen molar-refractivity contribution in [3.63, 3.8) is 0 Å². The summed E-state index contributed by atoms with van der Waals surface area (Å²) in [6.07, 6.45) is 0. The number of hydrogen-bond donors (Lipinski definition) is 2. The molecule has 2 amide bonds. The first-order valence-corrected chi connectivity index (χ1v) is 6.13. The van der Waals surface area contributed by atoms with E-state index in [1.54, 1.807) is 31.4 Å². The van der Waals surface area contributed by atoms with Gasteiger partial charge in [0.1, 0.15) is 11.6 Å². The molecule has 2 N–H and O–H groups in total. The van der Waals surface area contributed by atoms with Crippen LogP contribution in [0.15, 0.2) is 42.5 Å². The van der Waals surface area contributed by atoms with E-state index in [2.05, 4.69) is 10.6 Å². The molecule has 0 atom stereocenters. The van der Waals surface area contributed by atoms with Gasteiger partial charge in [-0.05, 0) is 42.5 Å². The second kappa shape index (κ2) is 6.25. The standard InChI is InChI=1S/C14H12ClFN2O2/c1-20-11-5-2-9(3-6-11)17-14(19)18-10-4-7-13(16)12(15)8-10/h2-8H,1H3,(H2,17,18,19). The molecule has 0 heterocycles. The molecule has 0 bridgehead atoms. The molecule has 0 saturated carbocycles. The molecule has 2 aromatic rings. The van der Waals surface area contributed by atoms with Crippen LogP contribution in [0, 0.1) is 5.82 Å². The third kappa shape index (κ3) is 3.61. The second-order valence-electron chi connectivity index (χ2n) is 3.94. The van der Waals surface area contributed by atoms with Gasteiger partial charge in [-0.2, -0.15) is 0 Å². The van der Waals surface area contributed by atoms with Crippen LogP contribution in [0.4, 0.5) is 20.6 Å². The SMILES string of the molecule is COc1ccc(NC(=O)Nc2ccc(F)c(Cl)c2)cc1. The lowest BCUT2D eigenvalue weighted by molar-refractivity contribution is 0.262. The zero-order valence-electron chi connectivity index (χ0n) is 10.6. The molecule has 0 saturated heterocycles. The first-order valence-electron chi connectivity index (χ1n) is 5.75. The van der Waals surface area contributed by atoms with Crippen molar-refractivity contribution in [1.82, 2.24) is 0 Å². The normalized spacial score (nSPS) is 9.95. The lowest BCUT2D eigenvalue weighted by Gasteiger charge is -2.08. The van der Waals surface area contributed by atoms with Crippen molar-refractivity contribution in [1.29, 1.82) is 0 Å². The largest absolute Gasteiger partial charge is 0.497 e. The topological polar surface area (TPSA) is 50.4 Å². The van der Waals surface area contributed by atoms with E-state index >= 15 is 0 Å². The molecule has 20 heavy (non-hydrogen) atoms. The zero-order valence-corrected chi connectivity index (χ0v) is 11.4. The molecule has 2 aromatic carbocycles. The molecular weight excluding hydrogens is 283 g/mol. The first kappa shape index (κ1) is 14.1. The Labute approximate surface area is 120 Å². The number of halogens is 2. The fourth-order valence-corrected chi connectivity index (χ4v) is 1.72. The van der Waals surface area contributed by atoms with E-state index in [9.17, 15) is 9.18 Å². The van der Waals surface area contributed by atoms with Crippen LogP contribution in [0.3, 0.4) is 0 Å². The van der Waals surface area contributed by atoms with Gasteiger partial charge < -0.3 is 15.4 Å². The van der Waals surface area contributed by atoms with Gasteiger partial charge >= 0.3 is 6.03 Å². The second-order valence-corrected chi connectivity index (χ2v) is 4.34. The molecule has 0 radical (unpaired) electrons. The minimum Gasteiger partial charge on any atom is -0.497 e. The average molecular weight is 295 g/mol. The smallest absolute Gasteiger partial charge is 0.323 e. The van der Waals surface area contributed by atoms with Gasteiger partial charge in [0.05, 0.1) is 12.1 Å². The Morgan fingerprint density at radius 3 is 2.30 bits per heavy atom. The molecule has 2 rings (SSSR count). The van der Waals surface area contributed by atoms with E-state index in [1.807, 2.05) is 0 Å². The summed E-state index contributed by atoms with van der Waals surface area (Å²) in [5, 5.41) is 5.14. The molecule has 104 valence electrons. The fraction of sp³-hybridized carbons (Fsp3) is 0.0714. The maximum Gasteiger partial charge on any atom is 0.323 e. The van der Waals surface area contributed by atoms with Crippen LogP contribution >= 0.6 is 11.6 Å². The summed E-state index contributed by atoms with van der Waals surface area (Å²) in [6, 6.07) is 10.4. The Bertz CT molecular complexity index is 617. The molecular formula is C14H12ClFN2O2. The van der Waals surface area contributed by atoms with Gasteiger partial charge in [-0.15, -0.1) is 0 Å². The van der Waals surface area contributed by atoms with Crippen LogP contribution in [0.5, 0.6) is 5.75 Å². The predicted molar refractivity (Wildman–Crippen MR) is 77.0 cm³/mol. The molecule has 0 aliphatic carbocycles. The minimum atomic E-state index is -0.534. The molecule has 0 aliphatic heterocycles. The summed E-state index contributed by atoms with van der Waals surface area (Å²) in [4.78, 5) is 11.7. The van der Waals surface area contributed by atoms with E-state index in [1.165, 1.54) is 18.2 Å². The Balaban J connectivity index is 1.99. The lowest BCUT2D eigenvalue weighted by Crippen LogP contribution is -2.19. The van der Waals surface area contributed by atoms with Gasteiger partial charge in [0, 0.05) is 11.4 Å². The number of anilines is 2. The maximum atomic E-state index is 13.0. The summed E-state index contributed by atoms with van der Waals surface area (Å²) in [5.74, 6) is 0.161. The Hall–Kier alpha value is -2.27. The molecule has 0 aromatic heterocycles. The number of hydrogen-bond acceptors (Lipinski definition) is 2. The van der Waals surface area contributed by atoms with Crippen molar-refractivity contribution in [2.24, 2.45) is 0 Å². The fourth-order valence-electron chi connectivity index (χ4n) is 1.54. The average Bonchev–Trinajstić information content (AvgIpc) is 2.44. The summed E-state index contributed by atoms with van der Waals surface area (Å²) in [5.41, 5.74) is 1.01. The number of methoxy groups -OCH3 is 1. The molecule has 0 unspecified atom stereocenters. The van der Waals surface area contributed by atoms with E-state index in [0.717, 1.165) is 0 Å². The van der Waals surface area contributed by atoms with E-state index < -0.39 is 11.8 Å². The van der Waals surface area contributed by atoms with E-state index in [4.69, 9.17) is 16.3 Å². The molecule has 6 heteroatoms. The Morgan fingerprint density at radius 2 is 1.70 bits per heavy atom. The monoisotopic (exact) mass is 294 g/mol. The Morgan fingerprint density at radius 1 is 1.10 bits per heavy atom. The number of amides is 2. The van der Waals surface area contributed by atoms with Gasteiger partial charge in [-0.25, -0.2) is 9.18 Å². The number of urea groups is 1. The van der Waals surface area contributed by atoms with Gasteiger partial charge in [0.2, 0.25) is 0 Å². The van der Waals surface area contributed by atoms with Crippen molar-refractivity contribution in [2.75, 3.05) is 17.7 Å². The number of rotatable bonds is 3. The number of carbonyl (C=O) groups excluding carboxylic acids is 1.